The van der Waals surface area contributed by atoms with Crippen molar-refractivity contribution < 1.29 is 0 Å². The van der Waals surface area contributed by atoms with Gasteiger partial charge in [-0.1, -0.05) is 121 Å². The van der Waals surface area contributed by atoms with Gasteiger partial charge in [-0.15, -0.1) is 12.6 Å². The summed E-state index contributed by atoms with van der Waals surface area (Å²) in [4.78, 5) is 0.996. The molecule has 0 aliphatic rings. The minimum Gasteiger partial charge on any atom is -0.142 e. The lowest BCUT2D eigenvalue weighted by molar-refractivity contribution is 1.43. The third-order valence-corrected chi connectivity index (χ3v) is 6.06. The Morgan fingerprint density at radius 3 is 1.16 bits per heavy atom. The molecule has 0 saturated heterocycles. The first-order valence-electron chi connectivity index (χ1n) is 10.4. The van der Waals surface area contributed by atoms with Crippen molar-refractivity contribution in [3.63, 3.8) is 0 Å². The van der Waals surface area contributed by atoms with Crippen LogP contribution in [0.15, 0.2) is 132 Å². The van der Waals surface area contributed by atoms with Crippen molar-refractivity contribution in [1.29, 1.82) is 0 Å². The maximum Gasteiger partial charge on any atom is 0.0204 e. The van der Waals surface area contributed by atoms with Crippen LogP contribution in [0, 0.1) is 0 Å². The second-order valence-electron chi connectivity index (χ2n) is 7.53. The van der Waals surface area contributed by atoms with E-state index >= 15 is 0 Å². The van der Waals surface area contributed by atoms with E-state index in [0.717, 1.165) is 16.0 Å². The lowest BCUT2D eigenvalue weighted by Crippen LogP contribution is -1.95. The zero-order valence-corrected chi connectivity index (χ0v) is 18.0. The topological polar surface area (TPSA) is 0 Å². The average Bonchev–Trinajstić information content (AvgIpc) is 2.86. The van der Waals surface area contributed by atoms with Crippen LogP contribution in [0.4, 0.5) is 0 Å². The largest absolute Gasteiger partial charge is 0.142 e. The van der Waals surface area contributed by atoms with Crippen LogP contribution in [-0.2, 0) is 0 Å². The van der Waals surface area contributed by atoms with Crippen molar-refractivity contribution in [3.8, 4) is 44.5 Å². The summed E-state index contributed by atoms with van der Waals surface area (Å²) in [6.45, 7) is 0. The fraction of sp³-hybridized carbons (Fsp3) is 0. The van der Waals surface area contributed by atoms with Gasteiger partial charge >= 0.3 is 0 Å². The first-order chi connectivity index (χ1) is 15.3. The summed E-state index contributed by atoms with van der Waals surface area (Å²) in [5.74, 6) is 0. The van der Waals surface area contributed by atoms with Crippen LogP contribution in [-0.4, -0.2) is 0 Å². The van der Waals surface area contributed by atoms with Gasteiger partial charge in [-0.3, -0.25) is 0 Å². The predicted octanol–water partition coefficient (Wildman–Crippen LogP) is 8.64. The minimum atomic E-state index is 0.996. The highest BCUT2D eigenvalue weighted by atomic mass is 32.1. The molecule has 0 nitrogen and oxygen atoms in total. The Morgan fingerprint density at radius 2 is 0.710 bits per heavy atom. The van der Waals surface area contributed by atoms with Gasteiger partial charge in [0.1, 0.15) is 0 Å². The van der Waals surface area contributed by atoms with Gasteiger partial charge in [0.05, 0.1) is 0 Å². The van der Waals surface area contributed by atoms with E-state index in [1.165, 1.54) is 33.4 Å². The Balaban J connectivity index is 1.93. The highest BCUT2D eigenvalue weighted by Crippen LogP contribution is 2.47. The van der Waals surface area contributed by atoms with Crippen LogP contribution < -0.4 is 0 Å². The molecule has 0 radical (unpaired) electrons. The Hall–Kier alpha value is -3.55. The van der Waals surface area contributed by atoms with E-state index in [4.69, 9.17) is 12.6 Å². The van der Waals surface area contributed by atoms with Gasteiger partial charge in [0, 0.05) is 10.5 Å². The molecule has 5 aromatic rings. The van der Waals surface area contributed by atoms with Crippen LogP contribution in [0.25, 0.3) is 44.5 Å². The van der Waals surface area contributed by atoms with Gasteiger partial charge in [0.15, 0.2) is 0 Å². The Morgan fingerprint density at radius 1 is 0.355 bits per heavy atom. The van der Waals surface area contributed by atoms with Crippen molar-refractivity contribution >= 4 is 12.6 Å². The van der Waals surface area contributed by atoms with Crippen molar-refractivity contribution in [2.45, 2.75) is 4.90 Å². The van der Waals surface area contributed by atoms with E-state index in [1.54, 1.807) is 0 Å². The van der Waals surface area contributed by atoms with Gasteiger partial charge in [0.2, 0.25) is 0 Å². The Bertz CT molecular complexity index is 1290. The lowest BCUT2D eigenvalue weighted by Gasteiger charge is -2.21. The summed E-state index contributed by atoms with van der Waals surface area (Å²) in [7, 11) is 0. The van der Waals surface area contributed by atoms with Crippen LogP contribution in [0.1, 0.15) is 0 Å². The van der Waals surface area contributed by atoms with E-state index in [2.05, 4.69) is 127 Å². The van der Waals surface area contributed by atoms with E-state index in [-0.39, 0.29) is 0 Å². The molecule has 0 unspecified atom stereocenters. The predicted molar refractivity (Wildman–Crippen MR) is 135 cm³/mol. The van der Waals surface area contributed by atoms with E-state index < -0.39 is 0 Å². The van der Waals surface area contributed by atoms with Crippen LogP contribution >= 0.6 is 12.6 Å². The number of thiol groups is 1. The van der Waals surface area contributed by atoms with E-state index in [9.17, 15) is 0 Å². The second-order valence-corrected chi connectivity index (χ2v) is 7.98. The molecule has 148 valence electrons. The molecule has 0 heterocycles. The van der Waals surface area contributed by atoms with Gasteiger partial charge in [0.25, 0.3) is 0 Å². The summed E-state index contributed by atoms with van der Waals surface area (Å²) in [5, 5.41) is 0. The molecule has 0 fully saturated rings. The molecule has 0 spiro atoms. The highest BCUT2D eigenvalue weighted by Gasteiger charge is 2.20. The molecular weight excluding hydrogens is 392 g/mol. The second kappa shape index (κ2) is 8.67. The molecule has 1 heteroatoms. The zero-order chi connectivity index (χ0) is 21.0. The number of hydrogen-bond acceptors (Lipinski definition) is 1. The average molecular weight is 415 g/mol. The summed E-state index contributed by atoms with van der Waals surface area (Å²) < 4.78 is 0. The van der Waals surface area contributed by atoms with Gasteiger partial charge < -0.3 is 0 Å². The van der Waals surface area contributed by atoms with Crippen molar-refractivity contribution in [2.75, 3.05) is 0 Å². The lowest BCUT2D eigenvalue weighted by atomic mass is 9.84. The molecule has 31 heavy (non-hydrogen) atoms. The van der Waals surface area contributed by atoms with Crippen molar-refractivity contribution in [3.05, 3.63) is 127 Å². The van der Waals surface area contributed by atoms with Gasteiger partial charge in [-0.05, 0) is 45.0 Å². The van der Waals surface area contributed by atoms with Gasteiger partial charge in [-0.2, -0.15) is 0 Å². The van der Waals surface area contributed by atoms with Crippen LogP contribution in [0.2, 0.25) is 0 Å². The maximum atomic E-state index is 5.11. The molecule has 0 saturated carbocycles. The standard InChI is InChI=1S/C30H22S/c31-30-27(23-15-7-2-8-16-23)21-26(22-13-5-1-6-14-22)28(24-17-9-3-10-18-24)29(30)25-19-11-4-12-20-25/h1-21,31H. The molecule has 0 bridgehead atoms. The third-order valence-electron chi connectivity index (χ3n) is 5.59. The zero-order valence-electron chi connectivity index (χ0n) is 17.1. The van der Waals surface area contributed by atoms with E-state index in [1.807, 2.05) is 0 Å². The molecule has 0 amide bonds. The SMILES string of the molecule is Sc1c(-c2ccccc2)cc(-c2ccccc2)c(-c2ccccc2)c1-c1ccccc1. The normalized spacial score (nSPS) is 10.7. The van der Waals surface area contributed by atoms with Crippen LogP contribution in [0.5, 0.6) is 0 Å². The molecule has 0 atom stereocenters. The summed E-state index contributed by atoms with van der Waals surface area (Å²) in [6, 6.07) is 44.7. The van der Waals surface area contributed by atoms with E-state index in [0.29, 0.717) is 0 Å². The Labute approximate surface area is 189 Å². The fourth-order valence-corrected chi connectivity index (χ4v) is 4.58. The third kappa shape index (κ3) is 3.81. The van der Waals surface area contributed by atoms with Crippen molar-refractivity contribution in [1.82, 2.24) is 0 Å². The Kier molecular flexibility index (Phi) is 5.43. The number of rotatable bonds is 4. The molecule has 0 N–H and O–H groups in total. The molecular formula is C30H22S. The summed E-state index contributed by atoms with van der Waals surface area (Å²) in [6.07, 6.45) is 0. The molecule has 0 aromatic heterocycles. The molecule has 0 aliphatic heterocycles. The summed E-state index contributed by atoms with van der Waals surface area (Å²) in [5.41, 5.74) is 9.45. The smallest absolute Gasteiger partial charge is 0.0204 e. The van der Waals surface area contributed by atoms with Gasteiger partial charge in [-0.25, -0.2) is 0 Å². The molecule has 5 aromatic carbocycles. The minimum absolute atomic E-state index is 0.996. The monoisotopic (exact) mass is 414 g/mol. The maximum absolute atomic E-state index is 5.11. The quantitative estimate of drug-likeness (QED) is 0.279. The molecule has 0 aliphatic carbocycles. The molecule has 5 rings (SSSR count). The first kappa shape index (κ1) is 19.4. The summed E-state index contributed by atoms with van der Waals surface area (Å²) >= 11 is 5.11. The number of hydrogen-bond donors (Lipinski definition) is 1. The van der Waals surface area contributed by atoms with Crippen molar-refractivity contribution in [2.24, 2.45) is 0 Å². The number of benzene rings is 5. The highest BCUT2D eigenvalue weighted by molar-refractivity contribution is 7.80. The fourth-order valence-electron chi connectivity index (χ4n) is 4.15. The first-order valence-corrected chi connectivity index (χ1v) is 10.9. The van der Waals surface area contributed by atoms with Crippen LogP contribution in [0.3, 0.4) is 0 Å².